The molecule has 4 rings (SSSR count). The summed E-state index contributed by atoms with van der Waals surface area (Å²) in [6, 6.07) is 8.61. The predicted molar refractivity (Wildman–Crippen MR) is 96.1 cm³/mol. The van der Waals surface area contributed by atoms with Crippen molar-refractivity contribution >= 4 is 16.9 Å². The van der Waals surface area contributed by atoms with Crippen molar-refractivity contribution in [2.45, 2.75) is 19.3 Å². The van der Waals surface area contributed by atoms with E-state index in [-0.39, 0.29) is 6.03 Å². The SMILES string of the molecule is CN1CCC2(CCN(C(=O)NCCc3ccc4[nH]ccc4c3)C2)C1. The van der Waals surface area contributed by atoms with Crippen LogP contribution in [0.15, 0.2) is 30.5 Å². The van der Waals surface area contributed by atoms with Gasteiger partial charge < -0.3 is 20.1 Å². The highest BCUT2D eigenvalue weighted by Crippen LogP contribution is 2.38. The fraction of sp³-hybridized carbons (Fsp3) is 0.526. The molecule has 2 N–H and O–H groups in total. The second-order valence-electron chi connectivity index (χ2n) is 7.54. The number of likely N-dealkylation sites (tertiary alicyclic amines) is 2. The number of aromatic nitrogens is 1. The Kier molecular flexibility index (Phi) is 3.96. The third-order valence-corrected chi connectivity index (χ3v) is 5.66. The predicted octanol–water partition coefficient (Wildman–Crippen LogP) is 2.45. The number of rotatable bonds is 3. The maximum absolute atomic E-state index is 12.4. The molecule has 0 saturated carbocycles. The number of hydrogen-bond donors (Lipinski definition) is 2. The molecule has 1 spiro atoms. The molecule has 1 aromatic carbocycles. The Morgan fingerprint density at radius 2 is 2.12 bits per heavy atom. The molecule has 1 aromatic heterocycles. The Balaban J connectivity index is 1.28. The van der Waals surface area contributed by atoms with Gasteiger partial charge in [-0.1, -0.05) is 6.07 Å². The summed E-state index contributed by atoms with van der Waals surface area (Å²) < 4.78 is 0. The van der Waals surface area contributed by atoms with Crippen LogP contribution in [0.3, 0.4) is 0 Å². The number of fused-ring (bicyclic) bond motifs is 1. The molecule has 2 aliphatic rings. The van der Waals surface area contributed by atoms with Crippen molar-refractivity contribution in [1.82, 2.24) is 20.1 Å². The first-order valence-electron chi connectivity index (χ1n) is 8.91. The lowest BCUT2D eigenvalue weighted by Crippen LogP contribution is -2.41. The van der Waals surface area contributed by atoms with Crippen molar-refractivity contribution in [2.75, 3.05) is 39.8 Å². The largest absolute Gasteiger partial charge is 0.361 e. The average Bonchev–Trinajstić information content (AvgIpc) is 3.28. The summed E-state index contributed by atoms with van der Waals surface area (Å²) in [5.41, 5.74) is 2.77. The molecule has 128 valence electrons. The molecule has 0 aliphatic carbocycles. The fourth-order valence-electron chi connectivity index (χ4n) is 4.28. The molecular formula is C19H26N4O. The minimum absolute atomic E-state index is 0.101. The van der Waals surface area contributed by atoms with Crippen LogP contribution < -0.4 is 5.32 Å². The molecule has 0 bridgehead atoms. The number of carbonyl (C=O) groups is 1. The van der Waals surface area contributed by atoms with Crippen LogP contribution in [0.1, 0.15) is 18.4 Å². The molecule has 5 nitrogen and oxygen atoms in total. The summed E-state index contributed by atoms with van der Waals surface area (Å²) in [7, 11) is 2.18. The van der Waals surface area contributed by atoms with Gasteiger partial charge in [0.2, 0.25) is 0 Å². The molecule has 2 aliphatic heterocycles. The van der Waals surface area contributed by atoms with Gasteiger partial charge in [0.05, 0.1) is 0 Å². The lowest BCUT2D eigenvalue weighted by atomic mass is 9.86. The van der Waals surface area contributed by atoms with E-state index in [4.69, 9.17) is 0 Å². The van der Waals surface area contributed by atoms with Crippen molar-refractivity contribution in [3.63, 3.8) is 0 Å². The van der Waals surface area contributed by atoms with Crippen LogP contribution in [-0.4, -0.2) is 60.6 Å². The molecule has 2 saturated heterocycles. The second-order valence-corrected chi connectivity index (χ2v) is 7.54. The highest BCUT2D eigenvalue weighted by molar-refractivity contribution is 5.80. The Labute approximate surface area is 143 Å². The van der Waals surface area contributed by atoms with E-state index in [2.05, 4.69) is 46.5 Å². The van der Waals surface area contributed by atoms with Crippen molar-refractivity contribution in [3.05, 3.63) is 36.0 Å². The van der Waals surface area contributed by atoms with Gasteiger partial charge in [-0.25, -0.2) is 4.79 Å². The third kappa shape index (κ3) is 3.00. The third-order valence-electron chi connectivity index (χ3n) is 5.66. The maximum Gasteiger partial charge on any atom is 0.317 e. The first-order valence-corrected chi connectivity index (χ1v) is 8.91. The maximum atomic E-state index is 12.4. The molecule has 0 radical (unpaired) electrons. The number of hydrogen-bond acceptors (Lipinski definition) is 2. The molecule has 3 heterocycles. The van der Waals surface area contributed by atoms with Gasteiger partial charge in [0, 0.05) is 43.3 Å². The highest BCUT2D eigenvalue weighted by Gasteiger charge is 2.43. The Bertz CT molecular complexity index is 740. The lowest BCUT2D eigenvalue weighted by Gasteiger charge is -2.24. The molecule has 2 amide bonds. The van der Waals surface area contributed by atoms with Crippen molar-refractivity contribution in [2.24, 2.45) is 5.41 Å². The van der Waals surface area contributed by atoms with Crippen molar-refractivity contribution in [1.29, 1.82) is 0 Å². The van der Waals surface area contributed by atoms with Crippen molar-refractivity contribution in [3.8, 4) is 0 Å². The van der Waals surface area contributed by atoms with Crippen LogP contribution in [0.2, 0.25) is 0 Å². The average molecular weight is 326 g/mol. The van der Waals surface area contributed by atoms with Gasteiger partial charge in [0.1, 0.15) is 0 Å². The molecule has 24 heavy (non-hydrogen) atoms. The Morgan fingerprint density at radius 3 is 2.96 bits per heavy atom. The lowest BCUT2D eigenvalue weighted by molar-refractivity contribution is 0.200. The molecule has 1 unspecified atom stereocenters. The summed E-state index contributed by atoms with van der Waals surface area (Å²) in [5, 5.41) is 4.33. The quantitative estimate of drug-likeness (QED) is 0.910. The highest BCUT2D eigenvalue weighted by atomic mass is 16.2. The van der Waals surface area contributed by atoms with Gasteiger partial charge >= 0.3 is 6.03 Å². The van der Waals surface area contributed by atoms with Gasteiger partial charge in [-0.2, -0.15) is 0 Å². The first-order chi connectivity index (χ1) is 11.6. The monoisotopic (exact) mass is 326 g/mol. The normalized spacial score (nSPS) is 24.3. The van der Waals surface area contributed by atoms with Gasteiger partial charge in [0.25, 0.3) is 0 Å². The summed E-state index contributed by atoms with van der Waals surface area (Å²) in [6.45, 7) is 4.80. The van der Waals surface area contributed by atoms with E-state index >= 15 is 0 Å². The topological polar surface area (TPSA) is 51.4 Å². The second kappa shape index (κ2) is 6.13. The van der Waals surface area contributed by atoms with E-state index in [1.165, 1.54) is 17.4 Å². The zero-order valence-electron chi connectivity index (χ0n) is 14.3. The number of urea groups is 1. The zero-order valence-corrected chi connectivity index (χ0v) is 14.3. The van der Waals surface area contributed by atoms with Gasteiger partial charge in [-0.15, -0.1) is 0 Å². The number of nitrogens with one attached hydrogen (secondary N) is 2. The molecular weight excluding hydrogens is 300 g/mol. The summed E-state index contributed by atoms with van der Waals surface area (Å²) in [4.78, 5) is 20.0. The summed E-state index contributed by atoms with van der Waals surface area (Å²) in [6.07, 6.45) is 5.20. The number of nitrogens with zero attached hydrogens (tertiary/aromatic N) is 2. The van der Waals surface area contributed by atoms with Gasteiger partial charge in [-0.3, -0.25) is 0 Å². The van der Waals surface area contributed by atoms with Crippen molar-refractivity contribution < 1.29 is 4.79 Å². The number of aromatic amines is 1. The minimum atomic E-state index is 0.101. The smallest absolute Gasteiger partial charge is 0.317 e. The van der Waals surface area contributed by atoms with E-state index in [9.17, 15) is 4.79 Å². The number of H-pyrrole nitrogens is 1. The Hall–Kier alpha value is -2.01. The van der Waals surface area contributed by atoms with Crippen LogP contribution in [-0.2, 0) is 6.42 Å². The first kappa shape index (κ1) is 15.5. The van der Waals surface area contributed by atoms with Crippen LogP contribution in [0.25, 0.3) is 10.9 Å². The summed E-state index contributed by atoms with van der Waals surface area (Å²) in [5.74, 6) is 0. The molecule has 1 atom stereocenters. The number of benzene rings is 1. The molecule has 2 aromatic rings. The fourth-order valence-corrected chi connectivity index (χ4v) is 4.28. The van der Waals surface area contributed by atoms with Crippen LogP contribution >= 0.6 is 0 Å². The number of carbonyl (C=O) groups excluding carboxylic acids is 1. The molecule has 2 fully saturated rings. The van der Waals surface area contributed by atoms with Gasteiger partial charge in [0.15, 0.2) is 0 Å². The van der Waals surface area contributed by atoms with E-state index in [1.54, 1.807) is 0 Å². The van der Waals surface area contributed by atoms with Crippen LogP contribution in [0.5, 0.6) is 0 Å². The minimum Gasteiger partial charge on any atom is -0.361 e. The van der Waals surface area contributed by atoms with Crippen LogP contribution in [0, 0.1) is 5.41 Å². The standard InChI is InChI=1S/C19H26N4O/c1-22-10-6-19(13-22)7-11-23(14-19)18(24)21-8-4-15-2-3-17-16(12-15)5-9-20-17/h2-3,5,9,12,20H,4,6-8,10-11,13-14H2,1H3,(H,21,24). The molecule has 5 heteroatoms. The zero-order chi connectivity index (χ0) is 16.6. The van der Waals surface area contributed by atoms with E-state index in [1.807, 2.05) is 11.1 Å². The summed E-state index contributed by atoms with van der Waals surface area (Å²) >= 11 is 0. The van der Waals surface area contributed by atoms with E-state index in [0.717, 1.165) is 44.5 Å². The number of amides is 2. The Morgan fingerprint density at radius 1 is 1.25 bits per heavy atom. The van der Waals surface area contributed by atoms with Gasteiger partial charge in [-0.05, 0) is 62.0 Å². The van der Waals surface area contributed by atoms with E-state index in [0.29, 0.717) is 12.0 Å². The van der Waals surface area contributed by atoms with Crippen LogP contribution in [0.4, 0.5) is 4.79 Å². The van der Waals surface area contributed by atoms with E-state index < -0.39 is 0 Å².